The van der Waals surface area contributed by atoms with Crippen molar-refractivity contribution in [2.75, 3.05) is 47.4 Å². The molecule has 0 aromatic carbocycles. The average Bonchev–Trinajstić information content (AvgIpc) is 3.29. The number of nitrogens with zero attached hydrogens (tertiary/aromatic N) is 3. The Hall–Kier alpha value is -2.09. The van der Waals surface area contributed by atoms with Gasteiger partial charge in [0.2, 0.25) is 0 Å². The number of ketones is 1. The minimum absolute atomic E-state index is 0.0735. The number of aliphatic hydroxyl groups excluding tert-OH is 1. The van der Waals surface area contributed by atoms with Crippen LogP contribution < -0.4 is 0 Å². The van der Waals surface area contributed by atoms with Gasteiger partial charge in [-0.05, 0) is 74.0 Å². The minimum Gasteiger partial charge on any atom is -0.458 e. The van der Waals surface area contributed by atoms with Crippen LogP contribution in [0.25, 0.3) is 0 Å². The second-order valence-corrected chi connectivity index (χ2v) is 15.5. The largest absolute Gasteiger partial charge is 0.458 e. The summed E-state index contributed by atoms with van der Waals surface area (Å²) in [6.07, 6.45) is 2.17. The van der Waals surface area contributed by atoms with E-state index in [-0.39, 0.29) is 42.9 Å². The summed E-state index contributed by atoms with van der Waals surface area (Å²) in [7, 11) is 6.04. The zero-order valence-electron chi connectivity index (χ0n) is 31.0. The third kappa shape index (κ3) is 7.63. The molecule has 0 aromatic rings. The number of amides is 1. The van der Waals surface area contributed by atoms with Gasteiger partial charge in [0.25, 0.3) is 0 Å². The number of ether oxygens (including phenoxy) is 5. The Morgan fingerprint density at radius 2 is 1.77 bits per heavy atom. The Morgan fingerprint density at radius 3 is 2.40 bits per heavy atom. The second kappa shape index (κ2) is 15.4. The topological polar surface area (TPSA) is 127 Å². The van der Waals surface area contributed by atoms with Gasteiger partial charge < -0.3 is 38.6 Å². The Labute approximate surface area is 287 Å². The molecular weight excluding hydrogens is 618 g/mol. The molecule has 4 aliphatic heterocycles. The molecule has 0 saturated carbocycles. The summed E-state index contributed by atoms with van der Waals surface area (Å²) in [5, 5.41) is 10.1. The van der Waals surface area contributed by atoms with Crippen LogP contribution in [0.15, 0.2) is 12.2 Å². The Kier molecular flexibility index (Phi) is 12.4. The number of hydrogen-bond donors (Lipinski definition) is 1. The summed E-state index contributed by atoms with van der Waals surface area (Å²) in [5.41, 5.74) is -2.14. The Balaban J connectivity index is 1.86. The zero-order valence-corrected chi connectivity index (χ0v) is 31.0. The summed E-state index contributed by atoms with van der Waals surface area (Å²) in [5.74, 6) is -2.90. The van der Waals surface area contributed by atoms with Crippen LogP contribution in [0.3, 0.4) is 0 Å². The number of rotatable bonds is 5. The molecule has 1 amide bonds. The van der Waals surface area contributed by atoms with Crippen LogP contribution in [0.2, 0.25) is 0 Å². The molecule has 3 saturated heterocycles. The van der Waals surface area contributed by atoms with Gasteiger partial charge in [-0.3, -0.25) is 14.5 Å². The third-order valence-corrected chi connectivity index (χ3v) is 11.5. The summed E-state index contributed by atoms with van der Waals surface area (Å²) < 4.78 is 32.3. The van der Waals surface area contributed by atoms with E-state index >= 15 is 0 Å². The molecule has 12 nitrogen and oxygen atoms in total. The van der Waals surface area contributed by atoms with Gasteiger partial charge in [0.1, 0.15) is 12.0 Å². The van der Waals surface area contributed by atoms with Crippen molar-refractivity contribution < 1.29 is 43.2 Å². The highest BCUT2D eigenvalue weighted by atomic mass is 16.7. The van der Waals surface area contributed by atoms with Crippen LogP contribution in [0.5, 0.6) is 0 Å². The second-order valence-electron chi connectivity index (χ2n) is 15.5. The van der Waals surface area contributed by atoms with Crippen LogP contribution in [0.1, 0.15) is 74.7 Å². The van der Waals surface area contributed by atoms with E-state index in [1.807, 2.05) is 54.1 Å². The summed E-state index contributed by atoms with van der Waals surface area (Å²) in [6.45, 7) is 16.4. The van der Waals surface area contributed by atoms with Crippen molar-refractivity contribution in [1.29, 1.82) is 0 Å². The van der Waals surface area contributed by atoms with Gasteiger partial charge in [-0.25, -0.2) is 4.79 Å². The molecule has 13 atom stereocenters. The monoisotopic (exact) mass is 679 g/mol. The fourth-order valence-corrected chi connectivity index (χ4v) is 8.75. The van der Waals surface area contributed by atoms with Crippen LogP contribution in [0, 0.1) is 23.7 Å². The SMILES string of the molecule is CC[C@H]1OC(=O)C(C)C(=O)[C@H](C)[C@@H](O[C@@H]2O[C@H](CO)CC(N(C)C)[C@H]2C)[C@@]2(C)C[C@@H](C)CN(C)[C@H](C)[C@H]3N(C/C=C/CO2)C(=O)O[C@]13C. The van der Waals surface area contributed by atoms with Crippen molar-refractivity contribution in [3.05, 3.63) is 12.2 Å². The van der Waals surface area contributed by atoms with Gasteiger partial charge in [0, 0.05) is 37.0 Å². The standard InChI is InChI=1S/C36H61N3O9/c1-12-28-36(8)30-25(6)38(11)19-21(2)18-35(7,44-16-14-13-15-39(30)34(43)48-36)31(23(4)29(41)24(5)32(42)46-28)47-33-22(3)27(37(9)10)17-26(20-40)45-33/h13-14,21-28,30-31,33,40H,12,15-20H2,1-11H3/b14-13+/t21-,22-,23+,24?,25-,26+,27?,28-,30-,31-,33+,35-,36-/m1/s1. The van der Waals surface area contributed by atoms with Crippen LogP contribution in [-0.2, 0) is 33.3 Å². The third-order valence-electron chi connectivity index (χ3n) is 11.5. The van der Waals surface area contributed by atoms with Crippen molar-refractivity contribution in [1.82, 2.24) is 14.7 Å². The molecule has 274 valence electrons. The molecule has 1 N–H and O–H groups in total. The van der Waals surface area contributed by atoms with Gasteiger partial charge in [-0.2, -0.15) is 0 Å². The average molecular weight is 680 g/mol. The number of aliphatic hydroxyl groups is 1. The highest BCUT2D eigenvalue weighted by Gasteiger charge is 2.59. The van der Waals surface area contributed by atoms with Gasteiger partial charge in [-0.1, -0.05) is 39.8 Å². The molecule has 2 bridgehead atoms. The molecule has 4 rings (SSSR count). The van der Waals surface area contributed by atoms with Crippen molar-refractivity contribution >= 4 is 17.8 Å². The van der Waals surface area contributed by atoms with Crippen molar-refractivity contribution in [2.45, 2.75) is 129 Å². The van der Waals surface area contributed by atoms with E-state index in [1.54, 1.807) is 18.7 Å². The first-order valence-corrected chi connectivity index (χ1v) is 17.8. The van der Waals surface area contributed by atoms with Crippen LogP contribution in [0.4, 0.5) is 4.79 Å². The molecule has 4 aliphatic rings. The smallest absolute Gasteiger partial charge is 0.411 e. The molecule has 3 fully saturated rings. The van der Waals surface area contributed by atoms with Gasteiger partial charge >= 0.3 is 12.1 Å². The van der Waals surface area contributed by atoms with Crippen molar-refractivity contribution in [2.24, 2.45) is 23.7 Å². The number of Topliss-reactive ketones (excluding diaryl/α,β-unsaturated/α-hetero) is 1. The maximum Gasteiger partial charge on any atom is 0.411 e. The zero-order chi connectivity index (χ0) is 35.7. The van der Waals surface area contributed by atoms with E-state index in [0.29, 0.717) is 32.4 Å². The molecular formula is C36H61N3O9. The fourth-order valence-electron chi connectivity index (χ4n) is 8.75. The molecule has 0 spiro atoms. The maximum absolute atomic E-state index is 14.3. The lowest BCUT2D eigenvalue weighted by Crippen LogP contribution is -2.61. The number of carbonyl (C=O) groups excluding carboxylic acids is 3. The van der Waals surface area contributed by atoms with Gasteiger partial charge in [0.05, 0.1) is 37.1 Å². The number of esters is 1. The summed E-state index contributed by atoms with van der Waals surface area (Å²) in [4.78, 5) is 47.7. The first kappa shape index (κ1) is 38.7. The number of fused-ring (bicyclic) bond motifs is 5. The lowest BCUT2D eigenvalue weighted by molar-refractivity contribution is -0.288. The van der Waals surface area contributed by atoms with E-state index in [2.05, 4.69) is 30.6 Å². The van der Waals surface area contributed by atoms with E-state index in [0.717, 1.165) is 0 Å². The van der Waals surface area contributed by atoms with Crippen LogP contribution in [-0.4, -0.2) is 139 Å². The van der Waals surface area contributed by atoms with Gasteiger partial charge in [-0.15, -0.1) is 0 Å². The lowest BCUT2D eigenvalue weighted by Gasteiger charge is -2.48. The molecule has 12 heteroatoms. The number of likely N-dealkylation sites (N-methyl/N-ethyl adjacent to an activating group) is 1. The molecule has 0 aromatic heterocycles. The minimum atomic E-state index is -1.15. The number of hydrogen-bond acceptors (Lipinski definition) is 11. The predicted molar refractivity (Wildman–Crippen MR) is 180 cm³/mol. The number of cyclic esters (lactones) is 1. The normalized spacial score (nSPS) is 44.6. The highest BCUT2D eigenvalue weighted by Crippen LogP contribution is 2.41. The first-order valence-electron chi connectivity index (χ1n) is 17.8. The Bertz CT molecular complexity index is 1180. The molecule has 4 heterocycles. The van der Waals surface area contributed by atoms with E-state index in [4.69, 9.17) is 23.7 Å². The maximum atomic E-state index is 14.3. The summed E-state index contributed by atoms with van der Waals surface area (Å²) >= 11 is 0. The fraction of sp³-hybridized carbons (Fsp3) is 0.861. The van der Waals surface area contributed by atoms with E-state index < -0.39 is 65.7 Å². The van der Waals surface area contributed by atoms with Crippen LogP contribution >= 0.6 is 0 Å². The lowest BCUT2D eigenvalue weighted by atomic mass is 9.78. The number of carbonyl (C=O) groups is 3. The van der Waals surface area contributed by atoms with Crippen molar-refractivity contribution in [3.63, 3.8) is 0 Å². The molecule has 48 heavy (non-hydrogen) atoms. The molecule has 2 unspecified atom stereocenters. The van der Waals surface area contributed by atoms with E-state index in [9.17, 15) is 19.5 Å². The molecule has 0 radical (unpaired) electrons. The van der Waals surface area contributed by atoms with E-state index in [1.165, 1.54) is 0 Å². The Morgan fingerprint density at radius 1 is 1.08 bits per heavy atom. The first-order chi connectivity index (χ1) is 22.5. The summed E-state index contributed by atoms with van der Waals surface area (Å²) in [6, 6.07) is -0.523. The molecule has 0 aliphatic carbocycles. The van der Waals surface area contributed by atoms with Gasteiger partial charge in [0.15, 0.2) is 17.7 Å². The van der Waals surface area contributed by atoms with Crippen molar-refractivity contribution in [3.8, 4) is 0 Å². The quantitative estimate of drug-likeness (QED) is 0.261. The highest BCUT2D eigenvalue weighted by molar-refractivity contribution is 6.00. The predicted octanol–water partition coefficient (Wildman–Crippen LogP) is 3.49.